The summed E-state index contributed by atoms with van der Waals surface area (Å²) in [5, 5.41) is 2.94. The molecule has 29 heavy (non-hydrogen) atoms. The van der Waals surface area contributed by atoms with Gasteiger partial charge < -0.3 is 14.6 Å². The first-order chi connectivity index (χ1) is 13.8. The highest BCUT2D eigenvalue weighted by Crippen LogP contribution is 2.22. The Morgan fingerprint density at radius 3 is 2.38 bits per heavy atom. The molecule has 1 heterocycles. The van der Waals surface area contributed by atoms with Crippen molar-refractivity contribution in [2.45, 2.75) is 20.1 Å². The quantitative estimate of drug-likeness (QED) is 0.495. The Balaban J connectivity index is 2.01. The number of hydrogen-bond donors (Lipinski definition) is 1. The average Bonchev–Trinajstić information content (AvgIpc) is 2.66. The van der Waals surface area contributed by atoms with Crippen molar-refractivity contribution in [2.75, 3.05) is 12.4 Å². The number of nitrogens with one attached hydrogen (secondary N) is 1. The summed E-state index contributed by atoms with van der Waals surface area (Å²) in [5.74, 6) is -5.51. The van der Waals surface area contributed by atoms with Crippen LogP contribution in [0.15, 0.2) is 41.3 Å². The molecule has 0 saturated heterocycles. The Hall–Kier alpha value is -3.20. The molecule has 3 aromatic rings. The molecular formula is C20H17F4N3O2. The van der Waals surface area contributed by atoms with Crippen molar-refractivity contribution >= 4 is 11.6 Å². The second-order valence-corrected chi connectivity index (χ2v) is 6.43. The Bertz CT molecular complexity index is 1090. The number of rotatable bonds is 6. The van der Waals surface area contributed by atoms with Crippen molar-refractivity contribution < 1.29 is 22.3 Å². The summed E-state index contributed by atoms with van der Waals surface area (Å²) in [7, 11) is 1.55. The van der Waals surface area contributed by atoms with Gasteiger partial charge >= 0.3 is 5.56 Å². The molecule has 0 fully saturated rings. The van der Waals surface area contributed by atoms with Gasteiger partial charge in [0, 0.05) is 19.0 Å². The highest BCUT2D eigenvalue weighted by Gasteiger charge is 2.14. The molecule has 0 atom stereocenters. The van der Waals surface area contributed by atoms with Crippen LogP contribution in [0.1, 0.15) is 16.7 Å². The molecule has 0 unspecified atom stereocenters. The normalized spacial score (nSPS) is 11.0. The maximum Gasteiger partial charge on any atom is 0.310 e. The molecule has 1 N–H and O–H groups in total. The zero-order valence-corrected chi connectivity index (χ0v) is 15.6. The van der Waals surface area contributed by atoms with Gasteiger partial charge in [0.25, 0.3) is 0 Å². The minimum Gasteiger partial charge on any atom is -0.380 e. The lowest BCUT2D eigenvalue weighted by Gasteiger charge is -2.16. The number of nitrogens with zero attached hydrogens (tertiary/aromatic N) is 2. The molecule has 0 saturated carbocycles. The van der Waals surface area contributed by atoms with Gasteiger partial charge in [-0.15, -0.1) is 0 Å². The molecule has 0 amide bonds. The van der Waals surface area contributed by atoms with E-state index in [1.165, 1.54) is 4.57 Å². The van der Waals surface area contributed by atoms with Gasteiger partial charge in [-0.2, -0.15) is 9.37 Å². The van der Waals surface area contributed by atoms with E-state index in [1.807, 2.05) is 19.1 Å². The molecular weight excluding hydrogens is 390 g/mol. The minimum absolute atomic E-state index is 0.0270. The molecule has 5 nitrogen and oxygen atoms in total. The SMILES string of the molecule is COCc1ccc(C)c(Nc2nc(=O)c(F)cn2Cc2cc(F)c(F)c(F)c2)c1. The smallest absolute Gasteiger partial charge is 0.310 e. The van der Waals surface area contributed by atoms with Crippen LogP contribution in [0.5, 0.6) is 0 Å². The number of benzene rings is 2. The van der Waals surface area contributed by atoms with Gasteiger partial charge in [-0.05, 0) is 41.8 Å². The van der Waals surface area contributed by atoms with E-state index in [-0.39, 0.29) is 18.1 Å². The third kappa shape index (κ3) is 4.62. The summed E-state index contributed by atoms with van der Waals surface area (Å²) in [6, 6.07) is 7.05. The first-order valence-corrected chi connectivity index (χ1v) is 8.54. The zero-order valence-electron chi connectivity index (χ0n) is 15.6. The topological polar surface area (TPSA) is 56.1 Å². The van der Waals surface area contributed by atoms with Crippen molar-refractivity contribution in [2.24, 2.45) is 0 Å². The number of hydrogen-bond acceptors (Lipinski definition) is 4. The number of aryl methyl sites for hydroxylation is 1. The first kappa shape index (κ1) is 20.5. The minimum atomic E-state index is -1.60. The lowest BCUT2D eigenvalue weighted by Crippen LogP contribution is -2.20. The van der Waals surface area contributed by atoms with Crippen molar-refractivity contribution in [1.82, 2.24) is 9.55 Å². The van der Waals surface area contributed by atoms with Crippen LogP contribution in [0, 0.1) is 30.2 Å². The Morgan fingerprint density at radius 2 is 1.72 bits per heavy atom. The van der Waals surface area contributed by atoms with Gasteiger partial charge in [0.15, 0.2) is 17.5 Å². The number of ether oxygens (including phenoxy) is 1. The van der Waals surface area contributed by atoms with Gasteiger partial charge in [0.2, 0.25) is 11.8 Å². The molecule has 3 rings (SSSR count). The lowest BCUT2D eigenvalue weighted by atomic mass is 10.1. The van der Waals surface area contributed by atoms with E-state index in [9.17, 15) is 22.4 Å². The van der Waals surface area contributed by atoms with E-state index >= 15 is 0 Å². The van der Waals surface area contributed by atoms with Crippen LogP contribution in [0.2, 0.25) is 0 Å². The van der Waals surface area contributed by atoms with Crippen molar-refractivity contribution in [3.63, 3.8) is 0 Å². The number of halogens is 4. The van der Waals surface area contributed by atoms with Gasteiger partial charge in [-0.3, -0.25) is 4.79 Å². The first-order valence-electron chi connectivity index (χ1n) is 8.54. The van der Waals surface area contributed by atoms with E-state index in [4.69, 9.17) is 4.74 Å². The highest BCUT2D eigenvalue weighted by molar-refractivity contribution is 5.59. The molecule has 0 aliphatic rings. The molecule has 152 valence electrons. The Labute approximate surface area is 163 Å². The van der Waals surface area contributed by atoms with Crippen LogP contribution in [-0.4, -0.2) is 16.7 Å². The second-order valence-electron chi connectivity index (χ2n) is 6.43. The molecule has 0 radical (unpaired) electrons. The van der Waals surface area contributed by atoms with Crippen LogP contribution in [0.4, 0.5) is 29.2 Å². The average molecular weight is 407 g/mol. The number of methoxy groups -OCH3 is 1. The van der Waals surface area contributed by atoms with Gasteiger partial charge in [-0.25, -0.2) is 13.2 Å². The van der Waals surface area contributed by atoms with Crippen LogP contribution in [0.3, 0.4) is 0 Å². The maximum atomic E-state index is 13.8. The van der Waals surface area contributed by atoms with Crippen molar-refractivity contribution in [3.8, 4) is 0 Å². The summed E-state index contributed by atoms with van der Waals surface area (Å²) in [4.78, 5) is 15.4. The summed E-state index contributed by atoms with van der Waals surface area (Å²) in [6.07, 6.45) is 0.866. The van der Waals surface area contributed by atoms with E-state index in [0.29, 0.717) is 12.3 Å². The zero-order chi connectivity index (χ0) is 21.1. The molecule has 0 bridgehead atoms. The predicted molar refractivity (Wildman–Crippen MR) is 99.0 cm³/mol. The summed E-state index contributed by atoms with van der Waals surface area (Å²) in [6.45, 7) is 1.92. The molecule has 0 aliphatic heterocycles. The third-order valence-corrected chi connectivity index (χ3v) is 4.21. The second kappa shape index (κ2) is 8.44. The van der Waals surface area contributed by atoms with Crippen LogP contribution >= 0.6 is 0 Å². The third-order valence-electron chi connectivity index (χ3n) is 4.21. The van der Waals surface area contributed by atoms with Crippen LogP contribution < -0.4 is 10.9 Å². The van der Waals surface area contributed by atoms with E-state index in [2.05, 4.69) is 10.3 Å². The van der Waals surface area contributed by atoms with Crippen LogP contribution in [0.25, 0.3) is 0 Å². The fraction of sp³-hybridized carbons (Fsp3) is 0.200. The molecule has 1 aromatic heterocycles. The fourth-order valence-corrected chi connectivity index (χ4v) is 2.76. The monoisotopic (exact) mass is 407 g/mol. The summed E-state index contributed by atoms with van der Waals surface area (Å²) in [5.41, 5.74) is 1.18. The molecule has 0 spiro atoms. The molecule has 2 aromatic carbocycles. The number of anilines is 2. The van der Waals surface area contributed by atoms with E-state index in [1.54, 1.807) is 13.2 Å². The standard InChI is InChI=1S/C20H17F4N3O2/c1-11-3-4-12(10-29-2)7-17(11)25-20-26-19(28)16(23)9-27(20)8-13-5-14(21)18(24)15(22)6-13/h3-7,9H,8,10H2,1-2H3,(H,25,26,28). The summed E-state index contributed by atoms with van der Waals surface area (Å²) < 4.78 is 60.3. The number of aromatic nitrogens is 2. The van der Waals surface area contributed by atoms with Gasteiger partial charge in [0.05, 0.1) is 13.2 Å². The highest BCUT2D eigenvalue weighted by atomic mass is 19.2. The van der Waals surface area contributed by atoms with Gasteiger partial charge in [-0.1, -0.05) is 12.1 Å². The predicted octanol–water partition coefficient (Wildman–Crippen LogP) is 4.05. The maximum absolute atomic E-state index is 13.8. The lowest BCUT2D eigenvalue weighted by molar-refractivity contribution is 0.185. The van der Waals surface area contributed by atoms with Crippen molar-refractivity contribution in [3.05, 3.63) is 86.8 Å². The molecule has 0 aliphatic carbocycles. The summed E-state index contributed by atoms with van der Waals surface area (Å²) >= 11 is 0. The Morgan fingerprint density at radius 1 is 1.03 bits per heavy atom. The van der Waals surface area contributed by atoms with Gasteiger partial charge in [0.1, 0.15) is 0 Å². The molecule has 9 heteroatoms. The van der Waals surface area contributed by atoms with Crippen LogP contribution in [-0.2, 0) is 17.9 Å². The largest absolute Gasteiger partial charge is 0.380 e. The van der Waals surface area contributed by atoms with Crippen molar-refractivity contribution in [1.29, 1.82) is 0 Å². The fourth-order valence-electron chi connectivity index (χ4n) is 2.76. The van der Waals surface area contributed by atoms with E-state index < -0.39 is 28.8 Å². The van der Waals surface area contributed by atoms with E-state index in [0.717, 1.165) is 29.5 Å². The Kier molecular flexibility index (Phi) is 5.97.